The summed E-state index contributed by atoms with van der Waals surface area (Å²) < 4.78 is 40.9. The number of aliphatic hydroxyl groups excluding tert-OH is 1. The number of halogens is 3. The smallest absolute Gasteiger partial charge is 0.103 e. The number of aliphatic hydroxyl groups is 1. The molecule has 0 aromatic heterocycles. The Bertz CT molecular complexity index is 627. The van der Waals surface area contributed by atoms with Crippen LogP contribution in [0.1, 0.15) is 25.0 Å². The van der Waals surface area contributed by atoms with Gasteiger partial charge in [-0.1, -0.05) is 74.5 Å². The van der Waals surface area contributed by atoms with E-state index >= 15 is 0 Å². The first-order valence-corrected chi connectivity index (χ1v) is 9.65. The molecule has 0 saturated heterocycles. The standard InChI is InChI=1S/C23H30F3NO/c1-18(2)21(22(28)23(15-24,16-25)17-26)27(13-19-9-5-3-6-10-19)14-20-11-7-4-8-12-20/h3-12,18,21-22,28H,13-17H2,1-2H3/t21-,22-/m0/s1. The van der Waals surface area contributed by atoms with Crippen molar-refractivity contribution >= 4 is 0 Å². The highest BCUT2D eigenvalue weighted by atomic mass is 19.1. The summed E-state index contributed by atoms with van der Waals surface area (Å²) in [6, 6.07) is 18.8. The molecule has 1 N–H and O–H groups in total. The molecule has 0 fully saturated rings. The zero-order chi connectivity index (χ0) is 20.6. The van der Waals surface area contributed by atoms with Crippen molar-refractivity contribution in [1.82, 2.24) is 4.90 Å². The zero-order valence-corrected chi connectivity index (χ0v) is 16.6. The topological polar surface area (TPSA) is 23.5 Å². The van der Waals surface area contributed by atoms with Gasteiger partial charge in [-0.05, 0) is 17.0 Å². The van der Waals surface area contributed by atoms with Gasteiger partial charge < -0.3 is 5.11 Å². The van der Waals surface area contributed by atoms with Crippen LogP contribution < -0.4 is 0 Å². The van der Waals surface area contributed by atoms with Gasteiger partial charge in [0.15, 0.2) is 0 Å². The van der Waals surface area contributed by atoms with Crippen molar-refractivity contribution < 1.29 is 18.3 Å². The third-order valence-corrected chi connectivity index (χ3v) is 5.31. The summed E-state index contributed by atoms with van der Waals surface area (Å²) in [5.41, 5.74) is 0.00542. The first-order chi connectivity index (χ1) is 13.5. The van der Waals surface area contributed by atoms with Gasteiger partial charge in [-0.25, -0.2) is 0 Å². The SMILES string of the molecule is CC(C)[C@@H]([C@H](O)C(CF)(CF)CF)N(Cc1ccccc1)Cc1ccccc1. The highest BCUT2D eigenvalue weighted by Crippen LogP contribution is 2.33. The minimum absolute atomic E-state index is 0.133. The molecule has 154 valence electrons. The van der Waals surface area contributed by atoms with Crippen molar-refractivity contribution in [3.63, 3.8) is 0 Å². The molecule has 0 radical (unpaired) electrons. The Morgan fingerprint density at radius 2 is 1.18 bits per heavy atom. The van der Waals surface area contributed by atoms with Crippen LogP contribution in [0, 0.1) is 11.3 Å². The van der Waals surface area contributed by atoms with Gasteiger partial charge in [-0.3, -0.25) is 18.1 Å². The molecule has 0 aliphatic carbocycles. The molecule has 2 aromatic carbocycles. The Morgan fingerprint density at radius 3 is 1.50 bits per heavy atom. The van der Waals surface area contributed by atoms with Crippen molar-refractivity contribution in [3.8, 4) is 0 Å². The van der Waals surface area contributed by atoms with Crippen LogP contribution in [0.2, 0.25) is 0 Å². The molecule has 0 heterocycles. The molecule has 28 heavy (non-hydrogen) atoms. The fraction of sp³-hybridized carbons (Fsp3) is 0.478. The highest BCUT2D eigenvalue weighted by molar-refractivity contribution is 5.18. The predicted molar refractivity (Wildman–Crippen MR) is 107 cm³/mol. The van der Waals surface area contributed by atoms with Crippen molar-refractivity contribution in [2.24, 2.45) is 11.3 Å². The van der Waals surface area contributed by atoms with Crippen LogP contribution in [-0.4, -0.2) is 42.2 Å². The Balaban J connectivity index is 2.40. The average molecular weight is 393 g/mol. The molecule has 0 amide bonds. The van der Waals surface area contributed by atoms with E-state index in [1.54, 1.807) is 0 Å². The summed E-state index contributed by atoms with van der Waals surface area (Å²) in [4.78, 5) is 2.00. The van der Waals surface area contributed by atoms with Crippen molar-refractivity contribution in [3.05, 3.63) is 71.8 Å². The lowest BCUT2D eigenvalue weighted by atomic mass is 9.78. The van der Waals surface area contributed by atoms with Crippen LogP contribution in [0.15, 0.2) is 60.7 Å². The molecule has 0 spiro atoms. The monoisotopic (exact) mass is 393 g/mol. The first-order valence-electron chi connectivity index (χ1n) is 9.65. The van der Waals surface area contributed by atoms with Crippen LogP contribution >= 0.6 is 0 Å². The Labute approximate surface area is 166 Å². The molecule has 2 aromatic rings. The number of alkyl halides is 3. The molecule has 0 bridgehead atoms. The molecule has 0 saturated carbocycles. The van der Waals surface area contributed by atoms with E-state index in [0.717, 1.165) is 11.1 Å². The number of benzene rings is 2. The van der Waals surface area contributed by atoms with Gasteiger partial charge in [-0.15, -0.1) is 0 Å². The average Bonchev–Trinajstić information content (AvgIpc) is 2.71. The van der Waals surface area contributed by atoms with E-state index in [1.807, 2.05) is 79.4 Å². The molecule has 2 nitrogen and oxygen atoms in total. The highest BCUT2D eigenvalue weighted by Gasteiger charge is 2.46. The number of hydrogen-bond donors (Lipinski definition) is 1. The van der Waals surface area contributed by atoms with E-state index in [-0.39, 0.29) is 5.92 Å². The molecule has 0 aliphatic rings. The summed E-state index contributed by atoms with van der Waals surface area (Å²) in [5.74, 6) is -0.133. The van der Waals surface area contributed by atoms with E-state index < -0.39 is 37.6 Å². The van der Waals surface area contributed by atoms with E-state index in [9.17, 15) is 18.3 Å². The minimum atomic E-state index is -2.03. The van der Waals surface area contributed by atoms with Crippen LogP contribution in [0.5, 0.6) is 0 Å². The molecular formula is C23H30F3NO. The van der Waals surface area contributed by atoms with Crippen LogP contribution in [0.3, 0.4) is 0 Å². The second kappa shape index (κ2) is 10.6. The van der Waals surface area contributed by atoms with Crippen molar-refractivity contribution in [2.75, 3.05) is 20.0 Å². The van der Waals surface area contributed by atoms with Crippen LogP contribution in [0.25, 0.3) is 0 Å². The van der Waals surface area contributed by atoms with E-state index in [0.29, 0.717) is 13.1 Å². The summed E-state index contributed by atoms with van der Waals surface area (Å²) in [6.07, 6.45) is -1.47. The van der Waals surface area contributed by atoms with Gasteiger partial charge in [-0.2, -0.15) is 0 Å². The second-order valence-electron chi connectivity index (χ2n) is 7.82. The van der Waals surface area contributed by atoms with E-state index in [2.05, 4.69) is 0 Å². The van der Waals surface area contributed by atoms with Crippen molar-refractivity contribution in [2.45, 2.75) is 39.1 Å². The molecule has 0 aliphatic heterocycles. The molecule has 0 unspecified atom stereocenters. The Morgan fingerprint density at radius 1 is 0.786 bits per heavy atom. The third kappa shape index (κ3) is 5.36. The third-order valence-electron chi connectivity index (χ3n) is 5.31. The summed E-state index contributed by atoms with van der Waals surface area (Å²) in [7, 11) is 0. The first kappa shape index (κ1) is 22.4. The van der Waals surface area contributed by atoms with Gasteiger partial charge in [0.05, 0.1) is 11.5 Å². The van der Waals surface area contributed by atoms with Crippen molar-refractivity contribution in [1.29, 1.82) is 0 Å². The Kier molecular flexibility index (Phi) is 8.52. The number of nitrogens with zero attached hydrogens (tertiary/aromatic N) is 1. The molecule has 5 heteroatoms. The van der Waals surface area contributed by atoms with Gasteiger partial charge in [0, 0.05) is 19.1 Å². The fourth-order valence-corrected chi connectivity index (χ4v) is 3.60. The normalized spacial score (nSPS) is 14.4. The van der Waals surface area contributed by atoms with Gasteiger partial charge in [0.1, 0.15) is 20.0 Å². The predicted octanol–water partition coefficient (Wildman–Crippen LogP) is 4.97. The summed E-state index contributed by atoms with van der Waals surface area (Å²) in [5, 5.41) is 11.0. The zero-order valence-electron chi connectivity index (χ0n) is 16.6. The van der Waals surface area contributed by atoms with Gasteiger partial charge >= 0.3 is 0 Å². The maximum atomic E-state index is 13.6. The largest absolute Gasteiger partial charge is 0.391 e. The molecule has 2 rings (SSSR count). The van der Waals surface area contributed by atoms with Crippen LogP contribution in [-0.2, 0) is 13.1 Å². The van der Waals surface area contributed by atoms with Crippen LogP contribution in [0.4, 0.5) is 13.2 Å². The van der Waals surface area contributed by atoms with E-state index in [1.165, 1.54) is 0 Å². The van der Waals surface area contributed by atoms with Gasteiger partial charge in [0.2, 0.25) is 0 Å². The molecular weight excluding hydrogens is 363 g/mol. The maximum absolute atomic E-state index is 13.6. The summed E-state index contributed by atoms with van der Waals surface area (Å²) in [6.45, 7) is 1.01. The lowest BCUT2D eigenvalue weighted by Crippen LogP contribution is -2.56. The number of hydrogen-bond acceptors (Lipinski definition) is 2. The quantitative estimate of drug-likeness (QED) is 0.583. The van der Waals surface area contributed by atoms with Gasteiger partial charge in [0.25, 0.3) is 0 Å². The lowest BCUT2D eigenvalue weighted by Gasteiger charge is -2.43. The lowest BCUT2D eigenvalue weighted by molar-refractivity contribution is -0.0916. The Hall–Kier alpha value is -1.85. The number of rotatable bonds is 11. The maximum Gasteiger partial charge on any atom is 0.103 e. The van der Waals surface area contributed by atoms with E-state index in [4.69, 9.17) is 0 Å². The fourth-order valence-electron chi connectivity index (χ4n) is 3.60. The summed E-state index contributed by atoms with van der Waals surface area (Å²) >= 11 is 0. The minimum Gasteiger partial charge on any atom is -0.391 e. The molecule has 2 atom stereocenters. The second-order valence-corrected chi connectivity index (χ2v) is 7.82.